The van der Waals surface area contributed by atoms with Crippen LogP contribution in [-0.2, 0) is 9.84 Å². The lowest BCUT2D eigenvalue weighted by Crippen LogP contribution is -2.03. The van der Waals surface area contributed by atoms with Crippen LogP contribution in [0.15, 0.2) is 50.6 Å². The number of furan rings is 1. The first kappa shape index (κ1) is 15.6. The lowest BCUT2D eigenvalue weighted by atomic mass is 10.2. The SMILES string of the molecule is Cc1ccc(S(=O)(=O)/C(C#N)=C/c2ccc([C@@H]3C[C@@H]3C)o2)cc1. The van der Waals surface area contributed by atoms with Crippen LogP contribution in [0.25, 0.3) is 6.08 Å². The number of benzene rings is 1. The van der Waals surface area contributed by atoms with Crippen molar-refractivity contribution in [1.82, 2.24) is 0 Å². The topological polar surface area (TPSA) is 71.1 Å². The second-order valence-corrected chi connectivity index (χ2v) is 7.91. The monoisotopic (exact) mass is 327 g/mol. The van der Waals surface area contributed by atoms with Crippen LogP contribution >= 0.6 is 0 Å². The average Bonchev–Trinajstić information content (AvgIpc) is 3.07. The van der Waals surface area contributed by atoms with E-state index in [1.165, 1.54) is 18.2 Å². The maximum absolute atomic E-state index is 12.6. The van der Waals surface area contributed by atoms with Crippen LogP contribution in [0.2, 0.25) is 0 Å². The van der Waals surface area contributed by atoms with E-state index in [2.05, 4.69) is 6.92 Å². The van der Waals surface area contributed by atoms with E-state index < -0.39 is 9.84 Å². The highest BCUT2D eigenvalue weighted by atomic mass is 32.2. The third-order valence-corrected chi connectivity index (χ3v) is 5.81. The summed E-state index contributed by atoms with van der Waals surface area (Å²) in [6.07, 6.45) is 2.38. The molecule has 0 saturated heterocycles. The predicted octanol–water partition coefficient (Wildman–Crippen LogP) is 4.05. The fourth-order valence-electron chi connectivity index (χ4n) is 2.51. The largest absolute Gasteiger partial charge is 0.461 e. The normalized spacial score (nSPS) is 21.0. The summed E-state index contributed by atoms with van der Waals surface area (Å²) in [6.45, 7) is 4.02. The Balaban J connectivity index is 1.93. The van der Waals surface area contributed by atoms with Crippen molar-refractivity contribution in [2.75, 3.05) is 0 Å². The summed E-state index contributed by atoms with van der Waals surface area (Å²) < 4.78 is 30.8. The molecular formula is C18H17NO3S. The van der Waals surface area contributed by atoms with E-state index >= 15 is 0 Å². The smallest absolute Gasteiger partial charge is 0.216 e. The van der Waals surface area contributed by atoms with Gasteiger partial charge in [-0.05, 0) is 43.5 Å². The van der Waals surface area contributed by atoms with Crippen molar-refractivity contribution in [3.8, 4) is 6.07 Å². The van der Waals surface area contributed by atoms with Crippen molar-refractivity contribution in [3.05, 3.63) is 58.4 Å². The molecule has 1 fully saturated rings. The molecule has 4 nitrogen and oxygen atoms in total. The first-order valence-corrected chi connectivity index (χ1v) is 8.93. The van der Waals surface area contributed by atoms with Crippen molar-refractivity contribution < 1.29 is 12.8 Å². The second-order valence-electron chi connectivity index (χ2n) is 6.00. The zero-order chi connectivity index (χ0) is 16.6. The number of allylic oxidation sites excluding steroid dienone is 1. The molecule has 3 rings (SSSR count). The van der Waals surface area contributed by atoms with Gasteiger partial charge in [0.2, 0.25) is 9.84 Å². The molecule has 1 saturated carbocycles. The van der Waals surface area contributed by atoms with Gasteiger partial charge in [0.15, 0.2) is 4.91 Å². The summed E-state index contributed by atoms with van der Waals surface area (Å²) in [7, 11) is -3.83. The molecule has 2 atom stereocenters. The Morgan fingerprint density at radius 1 is 1.26 bits per heavy atom. The molecule has 0 radical (unpaired) electrons. The molecule has 5 heteroatoms. The molecule has 0 aliphatic heterocycles. The quantitative estimate of drug-likeness (QED) is 0.794. The Kier molecular flexibility index (Phi) is 3.87. The van der Waals surface area contributed by atoms with E-state index in [0.29, 0.717) is 17.6 Å². The average molecular weight is 327 g/mol. The highest BCUT2D eigenvalue weighted by molar-refractivity contribution is 7.95. The maximum atomic E-state index is 12.6. The van der Waals surface area contributed by atoms with E-state index in [1.807, 2.05) is 13.0 Å². The van der Waals surface area contributed by atoms with Crippen LogP contribution in [-0.4, -0.2) is 8.42 Å². The summed E-state index contributed by atoms with van der Waals surface area (Å²) in [5.74, 6) is 2.27. The Hall–Kier alpha value is -2.32. The Bertz CT molecular complexity index is 898. The molecular weight excluding hydrogens is 310 g/mol. The van der Waals surface area contributed by atoms with Crippen LogP contribution in [0.1, 0.15) is 36.3 Å². The number of hydrogen-bond acceptors (Lipinski definition) is 4. The molecule has 0 N–H and O–H groups in total. The zero-order valence-electron chi connectivity index (χ0n) is 13.0. The zero-order valence-corrected chi connectivity index (χ0v) is 13.8. The highest BCUT2D eigenvalue weighted by Gasteiger charge is 2.36. The second kappa shape index (κ2) is 5.71. The van der Waals surface area contributed by atoms with E-state index in [9.17, 15) is 13.7 Å². The predicted molar refractivity (Wildman–Crippen MR) is 87.2 cm³/mol. The van der Waals surface area contributed by atoms with Crippen LogP contribution in [0.4, 0.5) is 0 Å². The van der Waals surface area contributed by atoms with Gasteiger partial charge < -0.3 is 4.42 Å². The molecule has 0 spiro atoms. The molecule has 0 bridgehead atoms. The van der Waals surface area contributed by atoms with Crippen molar-refractivity contribution >= 4 is 15.9 Å². The fourth-order valence-corrected chi connectivity index (χ4v) is 3.65. The van der Waals surface area contributed by atoms with Gasteiger partial charge in [0.25, 0.3) is 0 Å². The molecule has 1 heterocycles. The lowest BCUT2D eigenvalue weighted by molar-refractivity contribution is 0.497. The third-order valence-electron chi connectivity index (χ3n) is 4.13. The minimum atomic E-state index is -3.83. The van der Waals surface area contributed by atoms with Crippen molar-refractivity contribution in [1.29, 1.82) is 5.26 Å². The van der Waals surface area contributed by atoms with Gasteiger partial charge in [0.1, 0.15) is 17.6 Å². The van der Waals surface area contributed by atoms with Crippen molar-refractivity contribution in [2.24, 2.45) is 5.92 Å². The molecule has 2 aromatic rings. The summed E-state index contributed by atoms with van der Waals surface area (Å²) in [4.78, 5) is -0.204. The summed E-state index contributed by atoms with van der Waals surface area (Å²) >= 11 is 0. The van der Waals surface area contributed by atoms with Crippen LogP contribution in [0, 0.1) is 24.2 Å². The molecule has 0 amide bonds. The Morgan fingerprint density at radius 2 is 1.91 bits per heavy atom. The fraction of sp³-hybridized carbons (Fsp3) is 0.278. The number of nitrogens with zero attached hydrogens (tertiary/aromatic N) is 1. The van der Waals surface area contributed by atoms with Crippen molar-refractivity contribution in [3.63, 3.8) is 0 Å². The summed E-state index contributed by atoms with van der Waals surface area (Å²) in [5, 5.41) is 9.27. The number of nitriles is 1. The van der Waals surface area contributed by atoms with Gasteiger partial charge in [-0.2, -0.15) is 5.26 Å². The molecule has 1 aliphatic rings. The first-order chi connectivity index (χ1) is 10.9. The van der Waals surface area contributed by atoms with Gasteiger partial charge in [-0.25, -0.2) is 8.42 Å². The van der Waals surface area contributed by atoms with Crippen LogP contribution < -0.4 is 0 Å². The maximum Gasteiger partial charge on any atom is 0.216 e. The first-order valence-electron chi connectivity index (χ1n) is 7.45. The third kappa shape index (κ3) is 3.08. The minimum Gasteiger partial charge on any atom is -0.461 e. The van der Waals surface area contributed by atoms with Crippen molar-refractivity contribution in [2.45, 2.75) is 31.1 Å². The van der Waals surface area contributed by atoms with E-state index in [-0.39, 0.29) is 9.80 Å². The standard InChI is InChI=1S/C18H17NO3S/c1-12-3-6-15(7-4-12)23(20,21)16(11-19)10-14-5-8-18(22-14)17-9-13(17)2/h3-8,10,13,17H,9H2,1-2H3/b16-10+/t13-,17+/m0/s1. The Morgan fingerprint density at radius 3 is 2.48 bits per heavy atom. The molecule has 1 aromatic carbocycles. The lowest BCUT2D eigenvalue weighted by Gasteiger charge is -2.03. The van der Waals surface area contributed by atoms with E-state index in [1.54, 1.807) is 24.3 Å². The molecule has 118 valence electrons. The highest BCUT2D eigenvalue weighted by Crippen LogP contribution is 2.47. The summed E-state index contributed by atoms with van der Waals surface area (Å²) in [5.41, 5.74) is 0.959. The van der Waals surface area contributed by atoms with Gasteiger partial charge in [-0.3, -0.25) is 0 Å². The summed E-state index contributed by atoms with van der Waals surface area (Å²) in [6, 6.07) is 11.8. The Labute approximate surface area is 136 Å². The van der Waals surface area contributed by atoms with Crippen LogP contribution in [0.3, 0.4) is 0 Å². The molecule has 23 heavy (non-hydrogen) atoms. The van der Waals surface area contributed by atoms with Crippen LogP contribution in [0.5, 0.6) is 0 Å². The molecule has 0 unspecified atom stereocenters. The molecule has 1 aromatic heterocycles. The number of sulfone groups is 1. The van der Waals surface area contributed by atoms with E-state index in [4.69, 9.17) is 4.42 Å². The van der Waals surface area contributed by atoms with Gasteiger partial charge in [-0.1, -0.05) is 24.6 Å². The number of rotatable bonds is 4. The molecule has 1 aliphatic carbocycles. The van der Waals surface area contributed by atoms with E-state index in [0.717, 1.165) is 17.7 Å². The van der Waals surface area contributed by atoms with Gasteiger partial charge in [0, 0.05) is 12.0 Å². The van der Waals surface area contributed by atoms with Gasteiger partial charge in [0.05, 0.1) is 4.90 Å². The number of aryl methyl sites for hydroxylation is 1. The van der Waals surface area contributed by atoms with Gasteiger partial charge in [-0.15, -0.1) is 0 Å². The van der Waals surface area contributed by atoms with Gasteiger partial charge >= 0.3 is 0 Å². The minimum absolute atomic E-state index is 0.110. The number of hydrogen-bond donors (Lipinski definition) is 0.